The van der Waals surface area contributed by atoms with E-state index in [0.29, 0.717) is 39.3 Å². The number of carbonyl (C=O) groups is 1. The summed E-state index contributed by atoms with van der Waals surface area (Å²) in [6.07, 6.45) is -0.284. The summed E-state index contributed by atoms with van der Waals surface area (Å²) < 4.78 is 6.49. The Balaban J connectivity index is 1.89. The van der Waals surface area contributed by atoms with Crippen molar-refractivity contribution in [3.63, 3.8) is 0 Å². The van der Waals surface area contributed by atoms with Gasteiger partial charge in [-0.1, -0.05) is 0 Å². The average molecular weight is 297 g/mol. The molecule has 0 unspecified atom stereocenters. The zero-order chi connectivity index (χ0) is 15.4. The van der Waals surface area contributed by atoms with Crippen LogP contribution < -0.4 is 0 Å². The van der Waals surface area contributed by atoms with Crippen LogP contribution in [0, 0.1) is 10.1 Å². The summed E-state index contributed by atoms with van der Waals surface area (Å²) in [4.78, 5) is 25.6. The van der Waals surface area contributed by atoms with E-state index in [-0.39, 0.29) is 11.9 Å². The molecule has 2 heterocycles. The number of ether oxygens (including phenoxy) is 1. The van der Waals surface area contributed by atoms with E-state index < -0.39 is 4.92 Å². The van der Waals surface area contributed by atoms with Crippen molar-refractivity contribution in [3.05, 3.63) is 21.9 Å². The number of aromatic nitrogens is 2. The van der Waals surface area contributed by atoms with E-state index >= 15 is 0 Å². The second-order valence-electron chi connectivity index (χ2n) is 4.84. The van der Waals surface area contributed by atoms with Crippen LogP contribution in [0.15, 0.2) is 6.07 Å². The molecule has 116 valence electrons. The molecule has 9 nitrogen and oxygen atoms in total. The quantitative estimate of drug-likeness (QED) is 0.597. The van der Waals surface area contributed by atoms with Gasteiger partial charge in [0.15, 0.2) is 0 Å². The molecule has 0 aliphatic carbocycles. The second-order valence-corrected chi connectivity index (χ2v) is 4.84. The molecule has 0 aromatic carbocycles. The highest BCUT2D eigenvalue weighted by Gasteiger charge is 2.24. The molecule has 0 bridgehead atoms. The Kier molecular flexibility index (Phi) is 4.73. The highest BCUT2D eigenvalue weighted by atomic mass is 16.6. The molecule has 1 amide bonds. The van der Waals surface area contributed by atoms with Crippen LogP contribution in [-0.4, -0.2) is 63.4 Å². The second kappa shape index (κ2) is 6.53. The van der Waals surface area contributed by atoms with Gasteiger partial charge in [-0.05, 0) is 11.8 Å². The first-order valence-electron chi connectivity index (χ1n) is 6.82. The first-order valence-corrected chi connectivity index (χ1v) is 6.82. The monoisotopic (exact) mass is 297 g/mol. The van der Waals surface area contributed by atoms with Gasteiger partial charge in [0.25, 0.3) is 0 Å². The third-order valence-electron chi connectivity index (χ3n) is 3.43. The van der Waals surface area contributed by atoms with Crippen LogP contribution in [-0.2, 0) is 18.3 Å². The highest BCUT2D eigenvalue weighted by molar-refractivity contribution is 5.67. The van der Waals surface area contributed by atoms with Crippen LogP contribution in [0.25, 0.3) is 0 Å². The van der Waals surface area contributed by atoms with Gasteiger partial charge in [-0.25, -0.2) is 4.79 Å². The van der Waals surface area contributed by atoms with E-state index in [0.717, 1.165) is 5.69 Å². The van der Waals surface area contributed by atoms with E-state index in [1.165, 1.54) is 10.7 Å². The fraction of sp³-hybridized carbons (Fsp3) is 0.667. The summed E-state index contributed by atoms with van der Waals surface area (Å²) in [5, 5.41) is 14.5. The molecule has 0 radical (unpaired) electrons. The summed E-state index contributed by atoms with van der Waals surface area (Å²) >= 11 is 0. The van der Waals surface area contributed by atoms with Gasteiger partial charge in [-0.3, -0.25) is 4.90 Å². The summed E-state index contributed by atoms with van der Waals surface area (Å²) in [5.41, 5.74) is 0.784. The standard InChI is InChI=1S/C12H19N5O4/c1-3-21-12(18)16-6-4-15(5-7-16)9-10-8-11(17(19)20)13-14(10)2/h8H,3-7,9H2,1-2H3. The maximum Gasteiger partial charge on any atom is 0.409 e. The van der Waals surface area contributed by atoms with Gasteiger partial charge in [-0.2, -0.15) is 4.68 Å². The van der Waals surface area contributed by atoms with Crippen molar-refractivity contribution in [3.8, 4) is 0 Å². The molecule has 9 heteroatoms. The van der Waals surface area contributed by atoms with Crippen LogP contribution in [0.2, 0.25) is 0 Å². The van der Waals surface area contributed by atoms with Crippen LogP contribution in [0.4, 0.5) is 10.6 Å². The van der Waals surface area contributed by atoms with Gasteiger partial charge in [0.2, 0.25) is 0 Å². The molecule has 1 aromatic heterocycles. The Hall–Kier alpha value is -2.16. The van der Waals surface area contributed by atoms with E-state index in [1.54, 1.807) is 18.9 Å². The molecule has 0 saturated carbocycles. The first kappa shape index (κ1) is 15.2. The van der Waals surface area contributed by atoms with Crippen molar-refractivity contribution < 1.29 is 14.5 Å². The number of nitrogens with zero attached hydrogens (tertiary/aromatic N) is 5. The van der Waals surface area contributed by atoms with Crippen molar-refractivity contribution >= 4 is 11.9 Å². The van der Waals surface area contributed by atoms with Crippen molar-refractivity contribution in [2.75, 3.05) is 32.8 Å². The molecule has 1 fully saturated rings. The number of piperazine rings is 1. The Bertz CT molecular complexity index is 522. The number of amides is 1. The summed E-state index contributed by atoms with van der Waals surface area (Å²) in [5.74, 6) is -0.141. The lowest BCUT2D eigenvalue weighted by Crippen LogP contribution is -2.48. The summed E-state index contributed by atoms with van der Waals surface area (Å²) in [6, 6.07) is 1.48. The lowest BCUT2D eigenvalue weighted by molar-refractivity contribution is -0.389. The zero-order valence-electron chi connectivity index (χ0n) is 12.2. The van der Waals surface area contributed by atoms with Gasteiger partial charge >= 0.3 is 11.9 Å². The molecule has 0 N–H and O–H groups in total. The maximum absolute atomic E-state index is 11.6. The topological polar surface area (TPSA) is 93.7 Å². The minimum Gasteiger partial charge on any atom is -0.450 e. The normalized spacial score (nSPS) is 16.0. The Morgan fingerprint density at radius 2 is 2.10 bits per heavy atom. The van der Waals surface area contributed by atoms with Gasteiger partial charge < -0.3 is 19.8 Å². The highest BCUT2D eigenvalue weighted by Crippen LogP contribution is 2.14. The Morgan fingerprint density at radius 1 is 1.43 bits per heavy atom. The molecule has 1 aliphatic heterocycles. The number of carbonyl (C=O) groups excluding carboxylic acids is 1. The molecule has 1 aliphatic rings. The minimum absolute atomic E-state index is 0.141. The molecule has 0 atom stereocenters. The zero-order valence-corrected chi connectivity index (χ0v) is 12.2. The lowest BCUT2D eigenvalue weighted by Gasteiger charge is -2.33. The fourth-order valence-electron chi connectivity index (χ4n) is 2.26. The number of hydrogen-bond donors (Lipinski definition) is 0. The Labute approximate surface area is 122 Å². The van der Waals surface area contributed by atoms with Gasteiger partial charge in [0.05, 0.1) is 30.5 Å². The smallest absolute Gasteiger partial charge is 0.409 e. The average Bonchev–Trinajstić information content (AvgIpc) is 2.81. The minimum atomic E-state index is -0.498. The van der Waals surface area contributed by atoms with Crippen molar-refractivity contribution in [2.45, 2.75) is 13.5 Å². The third kappa shape index (κ3) is 3.69. The third-order valence-corrected chi connectivity index (χ3v) is 3.43. The molecule has 1 aromatic rings. The number of rotatable bonds is 4. The van der Waals surface area contributed by atoms with Gasteiger partial charge in [-0.15, -0.1) is 0 Å². The maximum atomic E-state index is 11.6. The van der Waals surface area contributed by atoms with Crippen LogP contribution >= 0.6 is 0 Å². The number of hydrogen-bond acceptors (Lipinski definition) is 6. The van der Waals surface area contributed by atoms with Crippen molar-refractivity contribution in [1.29, 1.82) is 0 Å². The molecular weight excluding hydrogens is 278 g/mol. The number of aryl methyl sites for hydroxylation is 1. The largest absolute Gasteiger partial charge is 0.450 e. The molecule has 0 spiro atoms. The number of nitro groups is 1. The molecule has 2 rings (SSSR count). The van der Waals surface area contributed by atoms with Crippen molar-refractivity contribution in [1.82, 2.24) is 19.6 Å². The van der Waals surface area contributed by atoms with Crippen molar-refractivity contribution in [2.24, 2.45) is 7.05 Å². The van der Waals surface area contributed by atoms with Gasteiger partial charge in [0, 0.05) is 32.7 Å². The molecule has 21 heavy (non-hydrogen) atoms. The van der Waals surface area contributed by atoms with E-state index in [4.69, 9.17) is 4.74 Å². The Morgan fingerprint density at radius 3 is 2.62 bits per heavy atom. The van der Waals surface area contributed by atoms with Crippen LogP contribution in [0.3, 0.4) is 0 Å². The molecule has 1 saturated heterocycles. The van der Waals surface area contributed by atoms with Gasteiger partial charge in [0.1, 0.15) is 0 Å². The predicted molar refractivity (Wildman–Crippen MR) is 73.7 cm³/mol. The predicted octanol–water partition coefficient (Wildman–Crippen LogP) is 0.602. The SMILES string of the molecule is CCOC(=O)N1CCN(Cc2cc([N+](=O)[O-])nn2C)CC1. The van der Waals surface area contributed by atoms with E-state index in [9.17, 15) is 14.9 Å². The fourth-order valence-corrected chi connectivity index (χ4v) is 2.26. The summed E-state index contributed by atoms with van der Waals surface area (Å²) in [7, 11) is 1.69. The molecular formula is C12H19N5O4. The lowest BCUT2D eigenvalue weighted by atomic mass is 10.3. The van der Waals surface area contributed by atoms with E-state index in [2.05, 4.69) is 10.00 Å². The summed E-state index contributed by atoms with van der Waals surface area (Å²) in [6.45, 7) is 5.34. The van der Waals surface area contributed by atoms with Crippen LogP contribution in [0.5, 0.6) is 0 Å². The first-order chi connectivity index (χ1) is 10.0. The van der Waals surface area contributed by atoms with E-state index in [1.807, 2.05) is 0 Å². The van der Waals surface area contributed by atoms with Crippen LogP contribution in [0.1, 0.15) is 12.6 Å².